The molecule has 0 radical (unpaired) electrons. The van der Waals surface area contributed by atoms with Crippen LogP contribution in [0.2, 0.25) is 0 Å². The minimum Gasteiger partial charge on any atom is -0.494 e. The Bertz CT molecular complexity index is 2030. The summed E-state index contributed by atoms with van der Waals surface area (Å²) in [5, 5.41) is 24.1. The molecule has 0 unspecified atom stereocenters. The summed E-state index contributed by atoms with van der Waals surface area (Å²) in [7, 11) is 1.52. The first-order chi connectivity index (χ1) is 35.6. The lowest BCUT2D eigenvalue weighted by atomic mass is 10.0. The zero-order chi connectivity index (χ0) is 50.4. The first-order valence-electron chi connectivity index (χ1n) is 27.9. The van der Waals surface area contributed by atoms with Crippen molar-refractivity contribution in [2.75, 3.05) is 31.0 Å². The summed E-state index contributed by atoms with van der Waals surface area (Å²) >= 11 is 0. The fraction of sp³-hybridized carbons (Fsp3) is 0.550. The van der Waals surface area contributed by atoms with Crippen LogP contribution in [0.5, 0.6) is 17.5 Å². The Kier molecular flexibility index (Phi) is 29.2. The van der Waals surface area contributed by atoms with E-state index >= 15 is 0 Å². The topological polar surface area (TPSA) is 140 Å². The molecular formula is C60H87N9O3. The Morgan fingerprint density at radius 1 is 0.333 bits per heavy atom. The Morgan fingerprint density at radius 3 is 0.875 bits per heavy atom. The van der Waals surface area contributed by atoms with Crippen LogP contribution in [-0.2, 0) is 0 Å². The van der Waals surface area contributed by atoms with E-state index in [1.165, 1.54) is 174 Å². The van der Waals surface area contributed by atoms with Crippen molar-refractivity contribution in [2.45, 2.75) is 194 Å². The molecule has 0 fully saturated rings. The third kappa shape index (κ3) is 25.5. The summed E-state index contributed by atoms with van der Waals surface area (Å²) in [6.07, 6.45) is 37.8. The van der Waals surface area contributed by atoms with E-state index in [0.717, 1.165) is 60.3 Å². The number of benzene rings is 4. The van der Waals surface area contributed by atoms with Gasteiger partial charge in [-0.3, -0.25) is 0 Å². The fourth-order valence-corrected chi connectivity index (χ4v) is 8.46. The van der Waals surface area contributed by atoms with E-state index in [2.05, 4.69) is 59.9 Å². The third-order valence-electron chi connectivity index (χ3n) is 12.8. The van der Waals surface area contributed by atoms with Gasteiger partial charge in [0.25, 0.3) is 0 Å². The maximum atomic E-state index is 5.98. The molecule has 0 bridgehead atoms. The quantitative estimate of drug-likeness (QED) is 0.0291. The molecule has 0 atom stereocenters. The average molecular weight is 982 g/mol. The number of nitrogens with zero attached hydrogens (tertiary/aromatic N) is 7. The summed E-state index contributed by atoms with van der Waals surface area (Å²) in [4.78, 5) is 13.3. The first-order valence-corrected chi connectivity index (χ1v) is 27.9. The van der Waals surface area contributed by atoms with Gasteiger partial charge < -0.3 is 24.8 Å². The Hall–Kier alpha value is -5.91. The summed E-state index contributed by atoms with van der Waals surface area (Å²) in [5.74, 6) is 2.36. The number of hydrogen-bond donors (Lipinski definition) is 2. The van der Waals surface area contributed by atoms with Gasteiger partial charge in [-0.1, -0.05) is 181 Å². The molecule has 0 amide bonds. The van der Waals surface area contributed by atoms with Crippen molar-refractivity contribution in [3.63, 3.8) is 0 Å². The number of hydrogen-bond acceptors (Lipinski definition) is 12. The van der Waals surface area contributed by atoms with E-state index in [9.17, 15) is 0 Å². The zero-order valence-corrected chi connectivity index (χ0v) is 44.3. The zero-order valence-electron chi connectivity index (χ0n) is 44.3. The largest absolute Gasteiger partial charge is 0.494 e. The van der Waals surface area contributed by atoms with E-state index in [1.54, 1.807) is 0 Å². The van der Waals surface area contributed by atoms with Crippen LogP contribution in [0.3, 0.4) is 0 Å². The molecule has 1 heterocycles. The van der Waals surface area contributed by atoms with Crippen LogP contribution < -0.4 is 24.8 Å². The van der Waals surface area contributed by atoms with Crippen molar-refractivity contribution in [1.82, 2.24) is 15.0 Å². The number of nitrogens with one attached hydrogen (secondary N) is 2. The average Bonchev–Trinajstić information content (AvgIpc) is 3.41. The highest BCUT2D eigenvalue weighted by molar-refractivity contribution is 5.61. The maximum absolute atomic E-state index is 5.98. The lowest BCUT2D eigenvalue weighted by Crippen LogP contribution is -2.05. The second-order valence-electron chi connectivity index (χ2n) is 19.1. The number of methoxy groups -OCH3 is 1. The number of aromatic nitrogens is 3. The summed E-state index contributed by atoms with van der Waals surface area (Å²) < 4.78 is 17.4. The van der Waals surface area contributed by atoms with Crippen molar-refractivity contribution in [2.24, 2.45) is 20.5 Å². The molecule has 0 aliphatic carbocycles. The summed E-state index contributed by atoms with van der Waals surface area (Å²) in [6, 6.07) is 30.8. The molecule has 12 nitrogen and oxygen atoms in total. The number of azo groups is 2. The molecule has 1 aromatic heterocycles. The van der Waals surface area contributed by atoms with Crippen molar-refractivity contribution in [3.8, 4) is 17.5 Å². The number of rotatable bonds is 41. The van der Waals surface area contributed by atoms with Crippen LogP contribution in [-0.4, -0.2) is 35.3 Å². The van der Waals surface area contributed by atoms with E-state index < -0.39 is 0 Å². The molecule has 2 N–H and O–H groups in total. The predicted octanol–water partition coefficient (Wildman–Crippen LogP) is 19.9. The number of anilines is 4. The van der Waals surface area contributed by atoms with Crippen molar-refractivity contribution in [1.29, 1.82) is 0 Å². The highest BCUT2D eigenvalue weighted by atomic mass is 16.5. The second-order valence-corrected chi connectivity index (χ2v) is 19.1. The molecule has 0 saturated carbocycles. The molecule has 0 saturated heterocycles. The van der Waals surface area contributed by atoms with E-state index in [4.69, 9.17) is 14.2 Å². The Balaban J connectivity index is 0.938. The summed E-state index contributed by atoms with van der Waals surface area (Å²) in [5.41, 5.74) is 4.48. The van der Waals surface area contributed by atoms with Gasteiger partial charge in [0.2, 0.25) is 11.9 Å². The number of ether oxygens (including phenoxy) is 3. The second kappa shape index (κ2) is 36.9. The van der Waals surface area contributed by atoms with Crippen molar-refractivity contribution in [3.05, 3.63) is 97.1 Å². The van der Waals surface area contributed by atoms with Gasteiger partial charge in [0.1, 0.15) is 11.5 Å². The van der Waals surface area contributed by atoms with Gasteiger partial charge in [-0.2, -0.15) is 35.4 Å². The van der Waals surface area contributed by atoms with Crippen molar-refractivity contribution >= 4 is 46.0 Å². The lowest BCUT2D eigenvalue weighted by Gasteiger charge is -2.10. The smallest absolute Gasteiger partial charge is 0.322 e. The van der Waals surface area contributed by atoms with Crippen LogP contribution in [0.25, 0.3) is 0 Å². The predicted molar refractivity (Wildman–Crippen MR) is 299 cm³/mol. The van der Waals surface area contributed by atoms with Gasteiger partial charge in [0.05, 0.1) is 43.1 Å². The van der Waals surface area contributed by atoms with Gasteiger partial charge in [-0.15, -0.1) is 0 Å². The molecule has 0 spiro atoms. The Labute approximate surface area is 433 Å². The molecule has 0 aliphatic rings. The van der Waals surface area contributed by atoms with E-state index in [1.807, 2.05) is 97.1 Å². The molecule has 4 aromatic carbocycles. The van der Waals surface area contributed by atoms with Crippen molar-refractivity contribution < 1.29 is 14.2 Å². The summed E-state index contributed by atoms with van der Waals surface area (Å²) in [6.45, 7) is 6.05. The van der Waals surface area contributed by atoms with Crippen LogP contribution in [0.4, 0.5) is 46.0 Å². The maximum Gasteiger partial charge on any atom is 0.322 e. The van der Waals surface area contributed by atoms with E-state index in [-0.39, 0.29) is 6.01 Å². The highest BCUT2D eigenvalue weighted by Crippen LogP contribution is 2.27. The van der Waals surface area contributed by atoms with Gasteiger partial charge in [0.15, 0.2) is 0 Å². The first kappa shape index (κ1) is 57.0. The standard InChI is InChI=1S/C60H87N9O3/c1-4-6-8-10-12-14-16-18-20-22-24-26-28-30-48-71-56-44-40-54(41-45-56)68-66-52-36-32-50(33-37-52)61-58-63-59(65-60(64-58)70-3)62-51-34-38-53(39-35-51)67-69-55-42-46-57(47-43-55)72-49-31-29-27-25-23-21-19-17-15-13-11-9-7-5-2/h32-47H,4-31,48-49H2,1-3H3,(H2,61,62,63,64,65). The lowest BCUT2D eigenvalue weighted by molar-refractivity contribution is 0.304. The minimum atomic E-state index is 0.170. The van der Waals surface area contributed by atoms with Gasteiger partial charge in [0, 0.05) is 11.4 Å². The molecule has 5 aromatic rings. The van der Waals surface area contributed by atoms with Crippen LogP contribution >= 0.6 is 0 Å². The molecular weight excluding hydrogens is 895 g/mol. The third-order valence-corrected chi connectivity index (χ3v) is 12.8. The molecule has 0 aliphatic heterocycles. The van der Waals surface area contributed by atoms with Crippen LogP contribution in [0, 0.1) is 0 Å². The van der Waals surface area contributed by atoms with Crippen LogP contribution in [0.15, 0.2) is 118 Å². The van der Waals surface area contributed by atoms with Crippen LogP contribution in [0.1, 0.15) is 194 Å². The number of unbranched alkanes of at least 4 members (excludes halogenated alkanes) is 26. The molecule has 390 valence electrons. The van der Waals surface area contributed by atoms with Gasteiger partial charge in [-0.25, -0.2) is 0 Å². The molecule has 12 heteroatoms. The van der Waals surface area contributed by atoms with Gasteiger partial charge >= 0.3 is 6.01 Å². The van der Waals surface area contributed by atoms with Gasteiger partial charge in [-0.05, 0) is 110 Å². The van der Waals surface area contributed by atoms with E-state index in [0.29, 0.717) is 23.3 Å². The normalized spacial score (nSPS) is 11.4. The highest BCUT2D eigenvalue weighted by Gasteiger charge is 2.09. The fourth-order valence-electron chi connectivity index (χ4n) is 8.46. The monoisotopic (exact) mass is 982 g/mol. The molecule has 72 heavy (non-hydrogen) atoms. The minimum absolute atomic E-state index is 0.170. The molecule has 5 rings (SSSR count). The SMILES string of the molecule is CCCCCCCCCCCCCCCCOc1ccc(N=Nc2ccc(Nc3nc(Nc4ccc(N=Nc5ccc(OCCCCCCCCCCCCCCCC)cc5)cc4)nc(OC)n3)cc2)cc1. The Morgan fingerprint density at radius 2 is 0.597 bits per heavy atom.